The molecule has 0 radical (unpaired) electrons. The van der Waals surface area contributed by atoms with Gasteiger partial charge in [-0.2, -0.15) is 5.26 Å². The first kappa shape index (κ1) is 22.2. The van der Waals surface area contributed by atoms with Crippen molar-refractivity contribution in [1.29, 1.82) is 5.26 Å². The molecular weight excluding hydrogens is 416 g/mol. The minimum absolute atomic E-state index is 0.160. The van der Waals surface area contributed by atoms with E-state index in [-0.39, 0.29) is 11.8 Å². The van der Waals surface area contributed by atoms with Crippen molar-refractivity contribution in [3.63, 3.8) is 0 Å². The van der Waals surface area contributed by atoms with Crippen molar-refractivity contribution >= 4 is 10.9 Å². The Morgan fingerprint density at radius 1 is 1.15 bits per heavy atom. The van der Waals surface area contributed by atoms with Crippen LogP contribution in [-0.2, 0) is 19.6 Å². The van der Waals surface area contributed by atoms with Crippen molar-refractivity contribution in [2.75, 3.05) is 7.11 Å². The number of aromatic nitrogens is 3. The van der Waals surface area contributed by atoms with E-state index in [1.165, 1.54) is 7.11 Å². The summed E-state index contributed by atoms with van der Waals surface area (Å²) in [7, 11) is 1.48. The molecule has 168 valence electrons. The lowest BCUT2D eigenvalue weighted by Crippen LogP contribution is -2.37. The smallest absolute Gasteiger partial charge is 0.403 e. The molecule has 7 heteroatoms. The molecule has 2 heterocycles. The van der Waals surface area contributed by atoms with Gasteiger partial charge in [0.15, 0.2) is 5.69 Å². The SMILES string of the molecule is COc1c(Cn2ccc3cc(C#N)ccc32)nc(OCc2ccccc2)c(CC(C)C)[n+]1[O-]. The number of hydrogen-bond acceptors (Lipinski definition) is 5. The normalized spacial score (nSPS) is 11.0. The van der Waals surface area contributed by atoms with Gasteiger partial charge in [0.05, 0.1) is 25.3 Å². The van der Waals surface area contributed by atoms with Gasteiger partial charge in [-0.3, -0.25) is 0 Å². The first-order valence-electron chi connectivity index (χ1n) is 10.8. The van der Waals surface area contributed by atoms with Crippen molar-refractivity contribution < 1.29 is 14.2 Å². The summed E-state index contributed by atoms with van der Waals surface area (Å²) in [6.07, 6.45) is 2.43. The van der Waals surface area contributed by atoms with Crippen LogP contribution in [0.3, 0.4) is 0 Å². The molecule has 4 aromatic rings. The first-order chi connectivity index (χ1) is 16.0. The van der Waals surface area contributed by atoms with E-state index < -0.39 is 0 Å². The topological polar surface area (TPSA) is 87.0 Å². The molecule has 0 spiro atoms. The van der Waals surface area contributed by atoms with Gasteiger partial charge in [0, 0.05) is 23.5 Å². The highest BCUT2D eigenvalue weighted by atomic mass is 16.5. The lowest BCUT2D eigenvalue weighted by Gasteiger charge is -2.17. The predicted octanol–water partition coefficient (Wildman–Crippen LogP) is 4.38. The van der Waals surface area contributed by atoms with Crippen LogP contribution in [0.2, 0.25) is 0 Å². The van der Waals surface area contributed by atoms with Gasteiger partial charge in [-0.15, -0.1) is 4.73 Å². The van der Waals surface area contributed by atoms with Crippen molar-refractivity contribution in [3.05, 3.63) is 88.5 Å². The molecule has 0 aliphatic heterocycles. The third-order valence-corrected chi connectivity index (χ3v) is 5.39. The molecule has 0 saturated carbocycles. The molecule has 0 aliphatic carbocycles. The van der Waals surface area contributed by atoms with Crippen LogP contribution in [-0.4, -0.2) is 16.7 Å². The van der Waals surface area contributed by atoms with Crippen LogP contribution in [0.15, 0.2) is 60.8 Å². The highest BCUT2D eigenvalue weighted by Gasteiger charge is 2.27. The maximum atomic E-state index is 13.3. The lowest BCUT2D eigenvalue weighted by atomic mass is 10.1. The maximum absolute atomic E-state index is 13.3. The Labute approximate surface area is 193 Å². The summed E-state index contributed by atoms with van der Waals surface area (Å²) in [6, 6.07) is 19.4. The number of nitriles is 1. The van der Waals surface area contributed by atoms with Crippen LogP contribution >= 0.6 is 0 Å². The van der Waals surface area contributed by atoms with Gasteiger partial charge in [-0.25, -0.2) is 4.98 Å². The van der Waals surface area contributed by atoms with Gasteiger partial charge in [-0.05, 0) is 35.7 Å². The monoisotopic (exact) mass is 442 g/mol. The van der Waals surface area contributed by atoms with E-state index in [4.69, 9.17) is 19.7 Å². The van der Waals surface area contributed by atoms with E-state index >= 15 is 0 Å². The molecule has 0 fully saturated rings. The zero-order valence-electron chi connectivity index (χ0n) is 19.0. The Hall–Kier alpha value is -4.05. The molecule has 2 aromatic heterocycles. The van der Waals surface area contributed by atoms with E-state index in [1.807, 2.05) is 73.1 Å². The quantitative estimate of drug-likeness (QED) is 0.299. The highest BCUT2D eigenvalue weighted by molar-refractivity contribution is 5.81. The standard InChI is InChI=1S/C26H26N4O3/c1-18(2)13-24-25(33-17-19-7-5-4-6-8-19)28-22(26(32-3)30(24)31)16-29-12-11-21-14-20(15-27)9-10-23(21)29/h4-12,14,18H,13,16-17H2,1-3H3. The average molecular weight is 443 g/mol. The van der Waals surface area contributed by atoms with E-state index in [0.29, 0.717) is 42.4 Å². The van der Waals surface area contributed by atoms with E-state index in [0.717, 1.165) is 21.2 Å². The number of ether oxygens (including phenoxy) is 2. The van der Waals surface area contributed by atoms with Gasteiger partial charge < -0.3 is 19.2 Å². The van der Waals surface area contributed by atoms with Crippen LogP contribution in [0.4, 0.5) is 0 Å². The van der Waals surface area contributed by atoms with Gasteiger partial charge >= 0.3 is 5.88 Å². The second-order valence-corrected chi connectivity index (χ2v) is 8.32. The van der Waals surface area contributed by atoms with Crippen molar-refractivity contribution in [2.45, 2.75) is 33.4 Å². The maximum Gasteiger partial charge on any atom is 0.403 e. The molecule has 33 heavy (non-hydrogen) atoms. The van der Waals surface area contributed by atoms with Gasteiger partial charge in [0.1, 0.15) is 6.61 Å². The van der Waals surface area contributed by atoms with Crippen LogP contribution in [0, 0.1) is 22.5 Å². The van der Waals surface area contributed by atoms with Crippen LogP contribution in [0.1, 0.15) is 36.4 Å². The van der Waals surface area contributed by atoms with Gasteiger partial charge in [0.2, 0.25) is 0 Å². The minimum Gasteiger partial charge on any atom is -0.616 e. The number of fused-ring (bicyclic) bond motifs is 1. The van der Waals surface area contributed by atoms with Gasteiger partial charge in [0.25, 0.3) is 11.6 Å². The van der Waals surface area contributed by atoms with Crippen molar-refractivity contribution in [3.8, 4) is 17.8 Å². The Morgan fingerprint density at radius 3 is 2.64 bits per heavy atom. The summed E-state index contributed by atoms with van der Waals surface area (Å²) in [4.78, 5) is 4.75. The molecule has 7 nitrogen and oxygen atoms in total. The van der Waals surface area contributed by atoms with E-state index in [9.17, 15) is 5.21 Å². The fourth-order valence-corrected chi connectivity index (χ4v) is 3.83. The number of methoxy groups -OCH3 is 1. The van der Waals surface area contributed by atoms with E-state index in [1.54, 1.807) is 6.07 Å². The fourth-order valence-electron chi connectivity index (χ4n) is 3.83. The summed E-state index contributed by atoms with van der Waals surface area (Å²) in [5.41, 5.74) is 3.47. The first-order valence-corrected chi connectivity index (χ1v) is 10.8. The molecular formula is C26H26N4O3. The Balaban J connectivity index is 1.74. The largest absolute Gasteiger partial charge is 0.616 e. The zero-order valence-corrected chi connectivity index (χ0v) is 19.0. The molecule has 0 aliphatic rings. The third kappa shape index (κ3) is 4.75. The zero-order chi connectivity index (χ0) is 23.4. The average Bonchev–Trinajstić information content (AvgIpc) is 3.22. The predicted molar refractivity (Wildman–Crippen MR) is 125 cm³/mol. The summed E-state index contributed by atoms with van der Waals surface area (Å²) in [5.74, 6) is 0.721. The molecule has 2 aromatic carbocycles. The van der Waals surface area contributed by atoms with Gasteiger partial charge in [-0.1, -0.05) is 44.2 Å². The Bertz CT molecular complexity index is 1310. The summed E-state index contributed by atoms with van der Waals surface area (Å²) in [5, 5.41) is 23.4. The third-order valence-electron chi connectivity index (χ3n) is 5.39. The van der Waals surface area contributed by atoms with Crippen LogP contribution < -0.4 is 14.2 Å². The number of hydrogen-bond donors (Lipinski definition) is 0. The second-order valence-electron chi connectivity index (χ2n) is 8.32. The summed E-state index contributed by atoms with van der Waals surface area (Å²) >= 11 is 0. The van der Waals surface area contributed by atoms with Crippen LogP contribution in [0.25, 0.3) is 10.9 Å². The molecule has 4 rings (SSSR count). The molecule has 0 amide bonds. The van der Waals surface area contributed by atoms with Crippen LogP contribution in [0.5, 0.6) is 11.8 Å². The second kappa shape index (κ2) is 9.61. The molecule has 0 bridgehead atoms. The number of benzene rings is 2. The highest BCUT2D eigenvalue weighted by Crippen LogP contribution is 2.25. The Kier molecular flexibility index (Phi) is 6.45. The Morgan fingerprint density at radius 2 is 1.94 bits per heavy atom. The molecule has 0 saturated heterocycles. The van der Waals surface area contributed by atoms with E-state index in [2.05, 4.69) is 6.07 Å². The minimum atomic E-state index is 0.160. The number of rotatable bonds is 8. The molecule has 0 N–H and O–H groups in total. The fraction of sp³-hybridized carbons (Fsp3) is 0.269. The molecule has 0 unspecified atom stereocenters. The van der Waals surface area contributed by atoms with Crippen molar-refractivity contribution in [2.24, 2.45) is 5.92 Å². The number of nitrogens with zero attached hydrogens (tertiary/aromatic N) is 4. The van der Waals surface area contributed by atoms with Crippen molar-refractivity contribution in [1.82, 2.24) is 9.55 Å². The molecule has 0 atom stereocenters. The summed E-state index contributed by atoms with van der Waals surface area (Å²) in [6.45, 7) is 4.73. The lowest BCUT2D eigenvalue weighted by molar-refractivity contribution is -0.622. The summed E-state index contributed by atoms with van der Waals surface area (Å²) < 4.78 is 14.3.